The molecule has 0 radical (unpaired) electrons. The summed E-state index contributed by atoms with van der Waals surface area (Å²) in [7, 11) is 1.61. The molecule has 1 aliphatic heterocycles. The number of amidine groups is 1. The number of aliphatic imine (C=N–C) groups is 1. The maximum Gasteiger partial charge on any atom is 0.267 e. The molecule has 3 aromatic carbocycles. The van der Waals surface area contributed by atoms with E-state index < -0.39 is 5.91 Å². The minimum absolute atomic E-state index is 0.161. The molecule has 0 unspecified atom stereocenters. The van der Waals surface area contributed by atoms with Crippen molar-refractivity contribution in [1.29, 1.82) is 0 Å². The van der Waals surface area contributed by atoms with Crippen LogP contribution < -0.4 is 15.2 Å². The van der Waals surface area contributed by atoms with Crippen LogP contribution in [0.2, 0.25) is 5.02 Å². The minimum Gasteiger partial charge on any atom is -0.497 e. The minimum atomic E-state index is -0.595. The van der Waals surface area contributed by atoms with Gasteiger partial charge in [0, 0.05) is 0 Å². The Morgan fingerprint density at radius 3 is 2.51 bits per heavy atom. The summed E-state index contributed by atoms with van der Waals surface area (Å²) in [6, 6.07) is 22.1. The molecule has 0 atom stereocenters. The van der Waals surface area contributed by atoms with Crippen molar-refractivity contribution in [3.63, 3.8) is 0 Å². The molecule has 0 aromatic heterocycles. The van der Waals surface area contributed by atoms with E-state index >= 15 is 0 Å². The van der Waals surface area contributed by atoms with Gasteiger partial charge < -0.3 is 15.2 Å². The number of carbonyl (C=O) groups is 2. The zero-order valence-corrected chi connectivity index (χ0v) is 20.4. The van der Waals surface area contributed by atoms with Gasteiger partial charge in [0.1, 0.15) is 11.5 Å². The molecular formula is C26H22ClN3O4S. The number of nitrogens with two attached hydrogens (primary N) is 1. The molecule has 0 bridgehead atoms. The summed E-state index contributed by atoms with van der Waals surface area (Å²) in [5.74, 6) is 0.327. The van der Waals surface area contributed by atoms with Crippen molar-refractivity contribution in [1.82, 2.24) is 4.90 Å². The number of nitrogens with zero attached hydrogens (tertiary/aromatic N) is 2. The Kier molecular flexibility index (Phi) is 7.74. The van der Waals surface area contributed by atoms with Gasteiger partial charge in [-0.1, -0.05) is 48.0 Å². The number of amides is 2. The van der Waals surface area contributed by atoms with Crippen molar-refractivity contribution in [2.75, 3.05) is 13.7 Å². The first-order valence-corrected chi connectivity index (χ1v) is 11.8. The van der Waals surface area contributed by atoms with Gasteiger partial charge in [-0.2, -0.15) is 0 Å². The fourth-order valence-corrected chi connectivity index (χ4v) is 4.52. The zero-order valence-electron chi connectivity index (χ0n) is 18.8. The standard InChI is InChI=1S/C26H22ClN3O4S/c1-33-20-10-7-17(8-11-20)15-30-25(32)23(35-26(30)29-19-5-3-2-4-6-19)14-18-9-12-22(21(27)13-18)34-16-24(28)31/h2-14H,15-16H2,1H3,(H2,28,31). The van der Waals surface area contributed by atoms with E-state index in [-0.39, 0.29) is 12.5 Å². The van der Waals surface area contributed by atoms with Gasteiger partial charge in [-0.15, -0.1) is 0 Å². The summed E-state index contributed by atoms with van der Waals surface area (Å²) in [5.41, 5.74) is 7.52. The predicted octanol–water partition coefficient (Wildman–Crippen LogP) is 5.02. The molecule has 1 aliphatic rings. The molecule has 1 heterocycles. The number of rotatable bonds is 8. The van der Waals surface area contributed by atoms with Crippen molar-refractivity contribution in [2.24, 2.45) is 10.7 Å². The van der Waals surface area contributed by atoms with Gasteiger partial charge in [0.25, 0.3) is 11.8 Å². The van der Waals surface area contributed by atoms with E-state index in [0.29, 0.717) is 33.0 Å². The topological polar surface area (TPSA) is 94.2 Å². The normalized spacial score (nSPS) is 15.6. The Balaban J connectivity index is 1.62. The first kappa shape index (κ1) is 24.4. The lowest BCUT2D eigenvalue weighted by molar-refractivity contribution is -0.122. The fraction of sp³-hybridized carbons (Fsp3) is 0.115. The maximum atomic E-state index is 13.4. The monoisotopic (exact) mass is 507 g/mol. The molecule has 1 fully saturated rings. The molecule has 2 amide bonds. The highest BCUT2D eigenvalue weighted by molar-refractivity contribution is 8.18. The van der Waals surface area contributed by atoms with Gasteiger partial charge in [0.15, 0.2) is 11.8 Å². The second-order valence-electron chi connectivity index (χ2n) is 7.52. The Morgan fingerprint density at radius 1 is 1.11 bits per heavy atom. The number of halogens is 1. The summed E-state index contributed by atoms with van der Waals surface area (Å²) in [6.45, 7) is 0.0909. The predicted molar refractivity (Wildman–Crippen MR) is 139 cm³/mol. The number of methoxy groups -OCH3 is 1. The van der Waals surface area contributed by atoms with E-state index in [9.17, 15) is 9.59 Å². The number of ether oxygens (including phenoxy) is 2. The van der Waals surface area contributed by atoms with E-state index in [0.717, 1.165) is 17.0 Å². The van der Waals surface area contributed by atoms with Crippen LogP contribution in [0.4, 0.5) is 5.69 Å². The number of hydrogen-bond donors (Lipinski definition) is 1. The van der Waals surface area contributed by atoms with Gasteiger partial charge >= 0.3 is 0 Å². The second-order valence-corrected chi connectivity index (χ2v) is 8.94. The highest BCUT2D eigenvalue weighted by Crippen LogP contribution is 2.36. The van der Waals surface area contributed by atoms with E-state index in [1.165, 1.54) is 11.8 Å². The van der Waals surface area contributed by atoms with Crippen LogP contribution in [0.5, 0.6) is 11.5 Å². The van der Waals surface area contributed by atoms with Crippen molar-refractivity contribution in [3.05, 3.63) is 93.9 Å². The molecule has 0 saturated carbocycles. The number of benzene rings is 3. The molecule has 178 valence electrons. The average molecular weight is 508 g/mol. The highest BCUT2D eigenvalue weighted by Gasteiger charge is 2.33. The molecular weight excluding hydrogens is 486 g/mol. The molecule has 2 N–H and O–H groups in total. The first-order chi connectivity index (χ1) is 16.9. The second kappa shape index (κ2) is 11.1. The third kappa shape index (κ3) is 6.23. The van der Waals surface area contributed by atoms with E-state index in [1.807, 2.05) is 54.6 Å². The molecule has 0 aliphatic carbocycles. The van der Waals surface area contributed by atoms with Crippen LogP contribution in [0.15, 0.2) is 82.7 Å². The maximum absolute atomic E-state index is 13.4. The third-order valence-electron chi connectivity index (χ3n) is 4.99. The van der Waals surface area contributed by atoms with Gasteiger partial charge in [-0.3, -0.25) is 14.5 Å². The molecule has 4 rings (SSSR count). The van der Waals surface area contributed by atoms with Crippen molar-refractivity contribution < 1.29 is 19.1 Å². The van der Waals surface area contributed by atoms with Crippen LogP contribution in [0.25, 0.3) is 6.08 Å². The Bertz CT molecular complexity index is 1290. The van der Waals surface area contributed by atoms with E-state index in [4.69, 9.17) is 31.8 Å². The number of primary amides is 1. The number of thioether (sulfide) groups is 1. The van der Waals surface area contributed by atoms with Crippen molar-refractivity contribution in [3.8, 4) is 11.5 Å². The van der Waals surface area contributed by atoms with Crippen LogP contribution in [0, 0.1) is 0 Å². The lowest BCUT2D eigenvalue weighted by atomic mass is 10.2. The molecule has 0 spiro atoms. The van der Waals surface area contributed by atoms with Crippen LogP contribution in [0.3, 0.4) is 0 Å². The van der Waals surface area contributed by atoms with Crippen molar-refractivity contribution in [2.45, 2.75) is 6.54 Å². The van der Waals surface area contributed by atoms with E-state index in [2.05, 4.69) is 0 Å². The molecule has 3 aromatic rings. The van der Waals surface area contributed by atoms with Crippen LogP contribution in [0.1, 0.15) is 11.1 Å². The summed E-state index contributed by atoms with van der Waals surface area (Å²) in [4.78, 5) is 31.2. The lowest BCUT2D eigenvalue weighted by Crippen LogP contribution is -2.28. The zero-order chi connectivity index (χ0) is 24.8. The molecule has 35 heavy (non-hydrogen) atoms. The summed E-state index contributed by atoms with van der Waals surface area (Å²) < 4.78 is 10.5. The van der Waals surface area contributed by atoms with Gasteiger partial charge in [0.2, 0.25) is 0 Å². The Morgan fingerprint density at radius 2 is 1.86 bits per heavy atom. The smallest absolute Gasteiger partial charge is 0.267 e. The Labute approximate surface area is 212 Å². The van der Waals surface area contributed by atoms with E-state index in [1.54, 1.807) is 36.3 Å². The summed E-state index contributed by atoms with van der Waals surface area (Å²) in [6.07, 6.45) is 1.76. The quantitative estimate of drug-likeness (QED) is 0.432. The van der Waals surface area contributed by atoms with Gasteiger partial charge in [0.05, 0.1) is 29.3 Å². The molecule has 7 nitrogen and oxygen atoms in total. The largest absolute Gasteiger partial charge is 0.497 e. The van der Waals surface area contributed by atoms with Gasteiger partial charge in [-0.25, -0.2) is 4.99 Å². The van der Waals surface area contributed by atoms with Crippen LogP contribution >= 0.6 is 23.4 Å². The molecule has 1 saturated heterocycles. The highest BCUT2D eigenvalue weighted by atomic mass is 35.5. The molecule has 9 heteroatoms. The SMILES string of the molecule is COc1ccc(CN2C(=O)C(=Cc3ccc(OCC(N)=O)c(Cl)c3)SC2=Nc2ccccc2)cc1. The average Bonchev–Trinajstić information content (AvgIpc) is 3.13. The third-order valence-corrected chi connectivity index (χ3v) is 6.29. The fourth-order valence-electron chi connectivity index (χ4n) is 3.28. The number of hydrogen-bond acceptors (Lipinski definition) is 6. The number of carbonyl (C=O) groups excluding carboxylic acids is 2. The van der Waals surface area contributed by atoms with Crippen molar-refractivity contribution >= 4 is 52.1 Å². The number of para-hydroxylation sites is 1. The Hall–Kier alpha value is -3.75. The van der Waals surface area contributed by atoms with Crippen LogP contribution in [-0.4, -0.2) is 35.6 Å². The summed E-state index contributed by atoms with van der Waals surface area (Å²) in [5, 5.41) is 0.889. The first-order valence-electron chi connectivity index (χ1n) is 10.6. The lowest BCUT2D eigenvalue weighted by Gasteiger charge is -2.16. The van der Waals surface area contributed by atoms with Crippen LogP contribution in [-0.2, 0) is 16.1 Å². The van der Waals surface area contributed by atoms with Gasteiger partial charge in [-0.05, 0) is 65.4 Å². The summed E-state index contributed by atoms with van der Waals surface area (Å²) >= 11 is 7.58.